The van der Waals surface area contributed by atoms with E-state index in [0.717, 1.165) is 48.7 Å². The number of benzene rings is 2. The average Bonchev–Trinajstić information content (AvgIpc) is 3.11. The number of carbonyl (C=O) groups excluding carboxylic acids is 1. The van der Waals surface area contributed by atoms with Gasteiger partial charge in [-0.3, -0.25) is 14.9 Å². The number of oxazole rings is 1. The van der Waals surface area contributed by atoms with Crippen LogP contribution in [0.15, 0.2) is 53.1 Å². The molecule has 1 N–H and O–H groups in total. The summed E-state index contributed by atoms with van der Waals surface area (Å²) < 4.78 is 56.4. The van der Waals surface area contributed by atoms with Gasteiger partial charge in [0.15, 0.2) is 5.69 Å². The summed E-state index contributed by atoms with van der Waals surface area (Å²) in [5, 5.41) is 12.9. The Morgan fingerprint density at radius 3 is 2.39 bits per heavy atom. The van der Waals surface area contributed by atoms with Crippen LogP contribution in [0, 0.1) is 15.9 Å². The number of amides is 1. The minimum atomic E-state index is -4.49. The number of halogens is 4. The zero-order chi connectivity index (χ0) is 20.5. The third-order valence-electron chi connectivity index (χ3n) is 3.60. The maximum Gasteiger partial charge on any atom is 0.416 e. The summed E-state index contributed by atoms with van der Waals surface area (Å²) in [4.78, 5) is 25.7. The molecule has 28 heavy (non-hydrogen) atoms. The van der Waals surface area contributed by atoms with Crippen LogP contribution in [-0.4, -0.2) is 15.8 Å². The van der Waals surface area contributed by atoms with E-state index in [2.05, 4.69) is 10.3 Å². The van der Waals surface area contributed by atoms with E-state index in [-0.39, 0.29) is 22.8 Å². The van der Waals surface area contributed by atoms with Gasteiger partial charge in [-0.1, -0.05) is 0 Å². The van der Waals surface area contributed by atoms with Gasteiger partial charge in [0, 0.05) is 23.4 Å². The number of rotatable bonds is 4. The van der Waals surface area contributed by atoms with Gasteiger partial charge < -0.3 is 9.73 Å². The number of alkyl halides is 3. The maximum absolute atomic E-state index is 13.6. The quantitative estimate of drug-likeness (QED) is 0.394. The molecule has 0 aliphatic heterocycles. The van der Waals surface area contributed by atoms with Crippen molar-refractivity contribution in [2.75, 3.05) is 5.32 Å². The lowest BCUT2D eigenvalue weighted by molar-refractivity contribution is -0.387. The highest BCUT2D eigenvalue weighted by Gasteiger charge is 2.30. The van der Waals surface area contributed by atoms with Gasteiger partial charge in [-0.15, -0.1) is 0 Å². The standard InChI is InChI=1S/C17H9F4N3O4/c18-12-7-11(5-6-14(12)24(26)27)22-15(25)13-8-28-16(23-13)9-1-3-10(4-2-9)17(19,20)21/h1-8H,(H,22,25). The molecule has 1 amide bonds. The Kier molecular flexibility index (Phi) is 4.82. The summed E-state index contributed by atoms with van der Waals surface area (Å²) >= 11 is 0. The molecule has 7 nitrogen and oxygen atoms in total. The molecule has 0 saturated carbocycles. The first-order valence-corrected chi connectivity index (χ1v) is 7.53. The van der Waals surface area contributed by atoms with E-state index in [1.54, 1.807) is 0 Å². The van der Waals surface area contributed by atoms with Crippen LogP contribution in [0.1, 0.15) is 16.1 Å². The lowest BCUT2D eigenvalue weighted by Gasteiger charge is -2.06. The van der Waals surface area contributed by atoms with Crippen molar-refractivity contribution in [1.29, 1.82) is 0 Å². The number of aromatic nitrogens is 1. The number of carbonyl (C=O) groups is 1. The number of nitrogens with zero attached hydrogens (tertiary/aromatic N) is 2. The summed E-state index contributed by atoms with van der Waals surface area (Å²) in [6, 6.07) is 6.77. The molecule has 0 aliphatic rings. The van der Waals surface area contributed by atoms with Crippen LogP contribution >= 0.6 is 0 Å². The van der Waals surface area contributed by atoms with Crippen LogP contribution in [0.3, 0.4) is 0 Å². The van der Waals surface area contributed by atoms with Gasteiger partial charge in [0.2, 0.25) is 11.7 Å². The van der Waals surface area contributed by atoms with Crippen LogP contribution < -0.4 is 5.32 Å². The summed E-state index contributed by atoms with van der Waals surface area (Å²) in [5.41, 5.74) is -1.64. The van der Waals surface area contributed by atoms with Crippen molar-refractivity contribution in [2.45, 2.75) is 6.18 Å². The van der Waals surface area contributed by atoms with Gasteiger partial charge in [0.05, 0.1) is 10.5 Å². The number of anilines is 1. The van der Waals surface area contributed by atoms with Crippen LogP contribution in [0.4, 0.5) is 28.9 Å². The predicted molar refractivity (Wildman–Crippen MR) is 87.9 cm³/mol. The zero-order valence-corrected chi connectivity index (χ0v) is 13.7. The van der Waals surface area contributed by atoms with Gasteiger partial charge in [0.1, 0.15) is 6.26 Å². The molecular formula is C17H9F4N3O4. The van der Waals surface area contributed by atoms with Crippen molar-refractivity contribution in [3.05, 3.63) is 75.9 Å². The summed E-state index contributed by atoms with van der Waals surface area (Å²) in [6.07, 6.45) is -3.51. The van der Waals surface area contributed by atoms with Crippen molar-refractivity contribution >= 4 is 17.3 Å². The van der Waals surface area contributed by atoms with E-state index in [1.165, 1.54) is 0 Å². The van der Waals surface area contributed by atoms with Crippen LogP contribution in [0.2, 0.25) is 0 Å². The fourth-order valence-electron chi connectivity index (χ4n) is 2.24. The molecule has 1 heterocycles. The van der Waals surface area contributed by atoms with Crippen molar-refractivity contribution in [3.8, 4) is 11.5 Å². The second-order valence-corrected chi connectivity index (χ2v) is 5.49. The number of hydrogen-bond donors (Lipinski definition) is 1. The van der Waals surface area contributed by atoms with E-state index in [9.17, 15) is 32.5 Å². The Hall–Kier alpha value is -3.76. The Morgan fingerprint density at radius 2 is 1.82 bits per heavy atom. The molecule has 0 unspecified atom stereocenters. The first-order valence-electron chi connectivity index (χ1n) is 7.53. The van der Waals surface area contributed by atoms with Crippen LogP contribution in [0.5, 0.6) is 0 Å². The molecule has 0 bridgehead atoms. The molecule has 0 spiro atoms. The molecule has 0 saturated heterocycles. The highest BCUT2D eigenvalue weighted by atomic mass is 19.4. The molecule has 0 radical (unpaired) electrons. The zero-order valence-electron chi connectivity index (χ0n) is 13.7. The number of nitro groups is 1. The molecule has 0 atom stereocenters. The largest absolute Gasteiger partial charge is 0.444 e. The molecule has 3 aromatic rings. The normalized spacial score (nSPS) is 11.3. The average molecular weight is 395 g/mol. The molecule has 144 valence electrons. The van der Waals surface area contributed by atoms with Crippen LogP contribution in [-0.2, 0) is 6.18 Å². The highest BCUT2D eigenvalue weighted by Crippen LogP contribution is 2.31. The van der Waals surface area contributed by atoms with Crippen molar-refractivity contribution in [3.63, 3.8) is 0 Å². The topological polar surface area (TPSA) is 98.3 Å². The minimum Gasteiger partial charge on any atom is -0.444 e. The first-order chi connectivity index (χ1) is 13.1. The molecule has 11 heteroatoms. The number of nitro benzene ring substituents is 1. The van der Waals surface area contributed by atoms with Crippen LogP contribution in [0.25, 0.3) is 11.5 Å². The molecule has 3 rings (SSSR count). The van der Waals surface area contributed by atoms with Gasteiger partial charge in [0.25, 0.3) is 5.91 Å². The lowest BCUT2D eigenvalue weighted by atomic mass is 10.1. The van der Waals surface area contributed by atoms with Gasteiger partial charge in [-0.25, -0.2) is 4.98 Å². The second-order valence-electron chi connectivity index (χ2n) is 5.49. The first kappa shape index (κ1) is 19.0. The van der Waals surface area contributed by atoms with Gasteiger partial charge in [-0.05, 0) is 30.3 Å². The lowest BCUT2D eigenvalue weighted by Crippen LogP contribution is -2.12. The number of hydrogen-bond acceptors (Lipinski definition) is 5. The Labute approximate surface area is 153 Å². The highest BCUT2D eigenvalue weighted by molar-refractivity contribution is 6.02. The van der Waals surface area contributed by atoms with E-state index < -0.39 is 34.1 Å². The maximum atomic E-state index is 13.6. The second kappa shape index (κ2) is 7.10. The third kappa shape index (κ3) is 3.98. The Bertz CT molecular complexity index is 1050. The molecule has 0 aliphatic carbocycles. The van der Waals surface area contributed by atoms with Gasteiger partial charge in [-0.2, -0.15) is 17.6 Å². The third-order valence-corrected chi connectivity index (χ3v) is 3.60. The fraction of sp³-hybridized carbons (Fsp3) is 0.0588. The molecule has 2 aromatic carbocycles. The van der Waals surface area contributed by atoms with Crippen molar-refractivity contribution in [2.24, 2.45) is 0 Å². The van der Waals surface area contributed by atoms with E-state index in [0.29, 0.717) is 0 Å². The molecule has 0 fully saturated rings. The monoisotopic (exact) mass is 395 g/mol. The van der Waals surface area contributed by atoms with E-state index >= 15 is 0 Å². The van der Waals surface area contributed by atoms with Gasteiger partial charge >= 0.3 is 11.9 Å². The SMILES string of the molecule is O=C(Nc1ccc([N+](=O)[O-])c(F)c1)c1coc(-c2ccc(C(F)(F)F)cc2)n1. The van der Waals surface area contributed by atoms with Crippen molar-refractivity contribution in [1.82, 2.24) is 4.98 Å². The fourth-order valence-corrected chi connectivity index (χ4v) is 2.24. The Balaban J connectivity index is 1.75. The smallest absolute Gasteiger partial charge is 0.416 e. The summed E-state index contributed by atoms with van der Waals surface area (Å²) in [5.74, 6) is -2.02. The number of nitrogens with one attached hydrogen (secondary N) is 1. The van der Waals surface area contributed by atoms with Crippen molar-refractivity contribution < 1.29 is 31.7 Å². The molecule has 1 aromatic heterocycles. The Morgan fingerprint density at radius 1 is 1.14 bits per heavy atom. The van der Waals surface area contributed by atoms with E-state index in [4.69, 9.17) is 4.42 Å². The van der Waals surface area contributed by atoms with E-state index in [1.807, 2.05) is 0 Å². The minimum absolute atomic E-state index is 0.0489. The molecular weight excluding hydrogens is 386 g/mol. The summed E-state index contributed by atoms with van der Waals surface area (Å²) in [7, 11) is 0. The summed E-state index contributed by atoms with van der Waals surface area (Å²) in [6.45, 7) is 0. The predicted octanol–water partition coefficient (Wildman–Crippen LogP) is 4.66.